The number of furan rings is 1. The molecule has 1 amide bonds. The highest BCUT2D eigenvalue weighted by Gasteiger charge is 2.21. The molecule has 0 aliphatic heterocycles. The molecular weight excluding hydrogens is 340 g/mol. The number of amides is 1. The molecule has 0 radical (unpaired) electrons. The van der Waals surface area contributed by atoms with Crippen molar-refractivity contribution in [3.05, 3.63) is 52.5 Å². The molecule has 7 heteroatoms. The molecule has 0 unspecified atom stereocenters. The van der Waals surface area contributed by atoms with Crippen molar-refractivity contribution in [1.29, 1.82) is 0 Å². The summed E-state index contributed by atoms with van der Waals surface area (Å²) in [6.07, 6.45) is 1.59. The standard InChI is InChI=1S/C18H24N2O4S/c1-12-10-13(2)15(4)18(14(12)3)25(22,23)20-8-7-17(21)19-11-16-6-5-9-24-16/h5-6,9-10,20H,7-8,11H2,1-4H3,(H,19,21). The minimum absolute atomic E-state index is 0.0399. The van der Waals surface area contributed by atoms with Crippen LogP contribution in [0.15, 0.2) is 33.8 Å². The van der Waals surface area contributed by atoms with Gasteiger partial charge in [-0.2, -0.15) is 0 Å². The Morgan fingerprint density at radius 1 is 1.12 bits per heavy atom. The molecule has 0 aliphatic carbocycles. The van der Waals surface area contributed by atoms with Gasteiger partial charge in [0.25, 0.3) is 0 Å². The lowest BCUT2D eigenvalue weighted by molar-refractivity contribution is -0.121. The Hall–Kier alpha value is -2.12. The molecule has 1 heterocycles. The monoisotopic (exact) mass is 364 g/mol. The Morgan fingerprint density at radius 3 is 2.32 bits per heavy atom. The zero-order valence-corrected chi connectivity index (χ0v) is 15.8. The van der Waals surface area contributed by atoms with E-state index in [2.05, 4.69) is 10.0 Å². The second kappa shape index (κ2) is 7.84. The van der Waals surface area contributed by atoms with Gasteiger partial charge < -0.3 is 9.73 Å². The van der Waals surface area contributed by atoms with E-state index in [1.807, 2.05) is 19.9 Å². The molecule has 6 nitrogen and oxygen atoms in total. The molecule has 2 rings (SSSR count). The molecule has 0 atom stereocenters. The van der Waals surface area contributed by atoms with E-state index < -0.39 is 10.0 Å². The minimum atomic E-state index is -3.67. The van der Waals surface area contributed by atoms with Crippen LogP contribution in [0.5, 0.6) is 0 Å². The summed E-state index contributed by atoms with van der Waals surface area (Å²) in [6.45, 7) is 7.70. The van der Waals surface area contributed by atoms with E-state index in [-0.39, 0.29) is 25.4 Å². The summed E-state index contributed by atoms with van der Waals surface area (Å²) in [7, 11) is -3.67. The van der Waals surface area contributed by atoms with Gasteiger partial charge in [0.15, 0.2) is 0 Å². The van der Waals surface area contributed by atoms with Gasteiger partial charge in [-0.15, -0.1) is 0 Å². The SMILES string of the molecule is Cc1cc(C)c(C)c(S(=O)(=O)NCCC(=O)NCc2ccco2)c1C. The Balaban J connectivity index is 1.97. The van der Waals surface area contributed by atoms with Crippen molar-refractivity contribution in [3.63, 3.8) is 0 Å². The van der Waals surface area contributed by atoms with E-state index in [0.29, 0.717) is 10.7 Å². The minimum Gasteiger partial charge on any atom is -0.467 e. The molecule has 0 saturated carbocycles. The fourth-order valence-corrected chi connectivity index (χ4v) is 4.29. The third kappa shape index (κ3) is 4.70. The molecule has 1 aromatic carbocycles. The second-order valence-corrected chi connectivity index (χ2v) is 7.80. The lowest BCUT2D eigenvalue weighted by Crippen LogP contribution is -2.31. The first-order valence-corrected chi connectivity index (χ1v) is 9.57. The molecule has 0 fully saturated rings. The van der Waals surface area contributed by atoms with E-state index in [9.17, 15) is 13.2 Å². The van der Waals surface area contributed by atoms with Crippen molar-refractivity contribution in [2.75, 3.05) is 6.54 Å². The van der Waals surface area contributed by atoms with Crippen molar-refractivity contribution >= 4 is 15.9 Å². The van der Waals surface area contributed by atoms with Gasteiger partial charge >= 0.3 is 0 Å². The Labute approximate surface area is 148 Å². The molecule has 0 saturated heterocycles. The van der Waals surface area contributed by atoms with Crippen LogP contribution < -0.4 is 10.0 Å². The zero-order valence-electron chi connectivity index (χ0n) is 15.0. The first kappa shape index (κ1) is 19.2. The van der Waals surface area contributed by atoms with E-state index in [4.69, 9.17) is 4.42 Å². The maximum atomic E-state index is 12.6. The number of sulfonamides is 1. The average molecular weight is 364 g/mol. The largest absolute Gasteiger partial charge is 0.467 e. The lowest BCUT2D eigenvalue weighted by atomic mass is 10.0. The molecule has 25 heavy (non-hydrogen) atoms. The van der Waals surface area contributed by atoms with Gasteiger partial charge in [-0.05, 0) is 62.1 Å². The van der Waals surface area contributed by atoms with Crippen molar-refractivity contribution in [3.8, 4) is 0 Å². The number of benzene rings is 1. The van der Waals surface area contributed by atoms with E-state index >= 15 is 0 Å². The Kier molecular flexibility index (Phi) is 6.02. The normalized spacial score (nSPS) is 11.5. The van der Waals surface area contributed by atoms with Crippen LogP contribution >= 0.6 is 0 Å². The summed E-state index contributed by atoms with van der Waals surface area (Å²) in [5.41, 5.74) is 3.33. The Morgan fingerprint density at radius 2 is 1.76 bits per heavy atom. The van der Waals surface area contributed by atoms with Crippen LogP contribution in [-0.4, -0.2) is 20.9 Å². The number of carbonyl (C=O) groups excluding carboxylic acids is 1. The molecular formula is C18H24N2O4S. The summed E-state index contributed by atoms with van der Waals surface area (Å²) in [6, 6.07) is 5.48. The highest BCUT2D eigenvalue weighted by atomic mass is 32.2. The quantitative estimate of drug-likeness (QED) is 0.790. The van der Waals surface area contributed by atoms with Crippen LogP contribution in [0, 0.1) is 27.7 Å². The van der Waals surface area contributed by atoms with Crippen molar-refractivity contribution < 1.29 is 17.6 Å². The summed E-state index contributed by atoms with van der Waals surface area (Å²) >= 11 is 0. The molecule has 0 bridgehead atoms. The van der Waals surface area contributed by atoms with Crippen molar-refractivity contribution in [2.24, 2.45) is 0 Å². The second-order valence-electron chi connectivity index (χ2n) is 6.09. The molecule has 0 aliphatic rings. The first-order valence-electron chi connectivity index (χ1n) is 8.08. The van der Waals surface area contributed by atoms with Gasteiger partial charge in [0.2, 0.25) is 15.9 Å². The highest BCUT2D eigenvalue weighted by molar-refractivity contribution is 7.89. The van der Waals surface area contributed by atoms with Crippen LogP contribution in [-0.2, 0) is 21.4 Å². The summed E-state index contributed by atoms with van der Waals surface area (Å²) < 4.78 is 32.9. The fraction of sp³-hybridized carbons (Fsp3) is 0.389. The fourth-order valence-electron chi connectivity index (χ4n) is 2.64. The summed E-state index contributed by atoms with van der Waals surface area (Å²) in [4.78, 5) is 12.1. The maximum absolute atomic E-state index is 12.6. The predicted molar refractivity (Wildman–Crippen MR) is 95.8 cm³/mol. The first-order chi connectivity index (χ1) is 11.7. The van der Waals surface area contributed by atoms with Crippen LogP contribution in [0.25, 0.3) is 0 Å². The van der Waals surface area contributed by atoms with E-state index in [0.717, 1.165) is 22.3 Å². The number of hydrogen-bond acceptors (Lipinski definition) is 4. The maximum Gasteiger partial charge on any atom is 0.241 e. The van der Waals surface area contributed by atoms with Crippen molar-refractivity contribution in [1.82, 2.24) is 10.0 Å². The smallest absolute Gasteiger partial charge is 0.241 e. The number of carbonyl (C=O) groups is 1. The summed E-state index contributed by atoms with van der Waals surface area (Å²) in [5.74, 6) is 0.406. The third-order valence-electron chi connectivity index (χ3n) is 4.25. The van der Waals surface area contributed by atoms with E-state index in [1.165, 1.54) is 6.26 Å². The van der Waals surface area contributed by atoms with Crippen molar-refractivity contribution in [2.45, 2.75) is 45.6 Å². The number of aryl methyl sites for hydroxylation is 2. The topological polar surface area (TPSA) is 88.4 Å². The molecule has 136 valence electrons. The van der Waals surface area contributed by atoms with Crippen LogP contribution in [0.2, 0.25) is 0 Å². The van der Waals surface area contributed by atoms with Gasteiger partial charge in [-0.1, -0.05) is 6.07 Å². The van der Waals surface area contributed by atoms with Crippen LogP contribution in [0.4, 0.5) is 0 Å². The number of rotatable bonds is 7. The Bertz CT molecular complexity index is 829. The molecule has 2 N–H and O–H groups in total. The van der Waals surface area contributed by atoms with Crippen LogP contribution in [0.3, 0.4) is 0 Å². The van der Waals surface area contributed by atoms with Gasteiger partial charge in [-0.3, -0.25) is 4.79 Å². The predicted octanol–water partition coefficient (Wildman–Crippen LogP) is 2.50. The molecule has 1 aromatic heterocycles. The van der Waals surface area contributed by atoms with Gasteiger partial charge in [-0.25, -0.2) is 13.1 Å². The lowest BCUT2D eigenvalue weighted by Gasteiger charge is -2.16. The molecule has 2 aromatic rings. The van der Waals surface area contributed by atoms with Crippen LogP contribution in [0.1, 0.15) is 34.4 Å². The van der Waals surface area contributed by atoms with E-state index in [1.54, 1.807) is 26.0 Å². The third-order valence-corrected chi connectivity index (χ3v) is 5.98. The zero-order chi connectivity index (χ0) is 18.6. The number of hydrogen-bond donors (Lipinski definition) is 2. The summed E-state index contributed by atoms with van der Waals surface area (Å²) in [5, 5.41) is 2.68. The van der Waals surface area contributed by atoms with Gasteiger partial charge in [0, 0.05) is 13.0 Å². The van der Waals surface area contributed by atoms with Gasteiger partial charge in [0.05, 0.1) is 17.7 Å². The molecule has 0 spiro atoms. The van der Waals surface area contributed by atoms with Gasteiger partial charge in [0.1, 0.15) is 5.76 Å². The average Bonchev–Trinajstić information content (AvgIpc) is 3.04. The highest BCUT2D eigenvalue weighted by Crippen LogP contribution is 2.25. The number of nitrogens with one attached hydrogen (secondary N) is 2.